The lowest BCUT2D eigenvalue weighted by molar-refractivity contribution is 0.412. The number of aromatic nitrogens is 2. The Morgan fingerprint density at radius 2 is 1.73 bits per heavy atom. The monoisotopic (exact) mass is 358 g/mol. The van der Waals surface area contributed by atoms with E-state index in [1.54, 1.807) is 13.4 Å². The lowest BCUT2D eigenvalue weighted by atomic mass is 10.1. The summed E-state index contributed by atoms with van der Waals surface area (Å²) in [5.41, 5.74) is 4.59. The van der Waals surface area contributed by atoms with Crippen LogP contribution in [-0.4, -0.2) is 17.1 Å². The molecule has 1 unspecified atom stereocenters. The Bertz CT molecular complexity index is 1280. The van der Waals surface area contributed by atoms with Crippen LogP contribution in [-0.2, 0) is 0 Å². The van der Waals surface area contributed by atoms with Crippen LogP contribution in [0.1, 0.15) is 11.1 Å². The Kier molecular flexibility index (Phi) is 3.35. The molecule has 0 amide bonds. The average Bonchev–Trinajstić information content (AvgIpc) is 3.24. The molecule has 0 aliphatic carbocycles. The smallest absolute Gasteiger partial charge is 0.122 e. The van der Waals surface area contributed by atoms with Gasteiger partial charge < -0.3 is 9.72 Å². The molecule has 1 N–H and O–H groups in total. The fourth-order valence-corrected chi connectivity index (χ4v) is 6.77. The number of hydrogen-bond acceptors (Lipinski definition) is 2. The van der Waals surface area contributed by atoms with E-state index in [0.29, 0.717) is 0 Å². The molecule has 0 spiro atoms. The second kappa shape index (κ2) is 5.62. The number of fused-ring (bicyclic) bond motifs is 5. The minimum Gasteiger partial charge on any atom is -0.496 e. The van der Waals surface area contributed by atoms with Crippen LogP contribution in [0.25, 0.3) is 37.3 Å². The van der Waals surface area contributed by atoms with Crippen molar-refractivity contribution in [3.63, 3.8) is 0 Å². The number of rotatable bonds is 2. The van der Waals surface area contributed by atoms with Gasteiger partial charge >= 0.3 is 0 Å². The quantitative estimate of drug-likeness (QED) is 0.393. The van der Waals surface area contributed by atoms with Crippen LogP contribution >= 0.6 is 7.53 Å². The third-order valence-electron chi connectivity index (χ3n) is 5.15. The molecule has 1 atom stereocenters. The highest BCUT2D eigenvalue weighted by molar-refractivity contribution is 7.68. The highest BCUT2D eigenvalue weighted by Gasteiger charge is 2.19. The Balaban J connectivity index is 2.08. The van der Waals surface area contributed by atoms with E-state index in [1.165, 1.54) is 37.4 Å². The van der Waals surface area contributed by atoms with E-state index in [-0.39, 0.29) is 0 Å². The molecule has 128 valence electrons. The van der Waals surface area contributed by atoms with Gasteiger partial charge in [0, 0.05) is 21.0 Å². The summed E-state index contributed by atoms with van der Waals surface area (Å²) in [7, 11) is 1.16. The van der Waals surface area contributed by atoms with Crippen molar-refractivity contribution >= 4 is 39.6 Å². The SMILES string of the molecule is COc1cc2c3c4[nH]cnc4c(C)cc3p(-c3ccccc3)c2cc1C. The van der Waals surface area contributed by atoms with Gasteiger partial charge in [-0.3, -0.25) is 0 Å². The van der Waals surface area contributed by atoms with Crippen LogP contribution in [0.2, 0.25) is 0 Å². The summed E-state index contributed by atoms with van der Waals surface area (Å²) in [6.45, 7) is 4.27. The highest BCUT2D eigenvalue weighted by atomic mass is 31.1. The number of aryl methyl sites for hydroxylation is 2. The third-order valence-corrected chi connectivity index (χ3v) is 7.65. The van der Waals surface area contributed by atoms with Crippen LogP contribution in [0, 0.1) is 13.8 Å². The van der Waals surface area contributed by atoms with Gasteiger partial charge in [0.05, 0.1) is 24.5 Å². The molecule has 0 saturated carbocycles. The lowest BCUT2D eigenvalue weighted by Crippen LogP contribution is -1.86. The van der Waals surface area contributed by atoms with Gasteiger partial charge in [-0.05, 0) is 48.5 Å². The first-order valence-electron chi connectivity index (χ1n) is 8.70. The number of methoxy groups -OCH3 is 1. The molecule has 0 saturated heterocycles. The van der Waals surface area contributed by atoms with E-state index < -0.39 is 7.53 Å². The number of nitrogens with zero attached hydrogens (tertiary/aromatic N) is 1. The molecular formula is C22H19N2OP. The second-order valence-corrected chi connectivity index (χ2v) is 8.87. The summed E-state index contributed by atoms with van der Waals surface area (Å²) in [4.78, 5) is 7.93. The van der Waals surface area contributed by atoms with Crippen LogP contribution in [0.15, 0.2) is 54.9 Å². The molecule has 3 nitrogen and oxygen atoms in total. The van der Waals surface area contributed by atoms with Crippen LogP contribution in [0.4, 0.5) is 0 Å². The molecule has 0 bridgehead atoms. The van der Waals surface area contributed by atoms with E-state index in [9.17, 15) is 0 Å². The normalized spacial score (nSPS) is 12.3. The minimum absolute atomic E-state index is 0.579. The van der Waals surface area contributed by atoms with Crippen molar-refractivity contribution in [1.29, 1.82) is 0 Å². The molecule has 0 aliphatic rings. The van der Waals surface area contributed by atoms with Crippen LogP contribution < -0.4 is 4.74 Å². The maximum absolute atomic E-state index is 5.62. The van der Waals surface area contributed by atoms with Gasteiger partial charge in [-0.2, -0.15) is 0 Å². The molecule has 3 aromatic carbocycles. The van der Waals surface area contributed by atoms with Gasteiger partial charge in [0.15, 0.2) is 0 Å². The first-order valence-corrected chi connectivity index (χ1v) is 10.0. The highest BCUT2D eigenvalue weighted by Crippen LogP contribution is 2.57. The molecule has 0 fully saturated rings. The van der Waals surface area contributed by atoms with Gasteiger partial charge in [0.1, 0.15) is 5.75 Å². The van der Waals surface area contributed by atoms with Crippen molar-refractivity contribution in [2.75, 3.05) is 7.11 Å². The number of benzene rings is 3. The Labute approximate surface area is 152 Å². The fourth-order valence-electron chi connectivity index (χ4n) is 3.97. The molecule has 5 rings (SSSR count). The molecule has 4 heteroatoms. The minimum atomic E-state index is -0.579. The van der Waals surface area contributed by atoms with E-state index in [4.69, 9.17) is 4.74 Å². The predicted molar refractivity (Wildman–Crippen MR) is 111 cm³/mol. The zero-order valence-electron chi connectivity index (χ0n) is 15.0. The molecule has 5 aromatic rings. The first-order chi connectivity index (χ1) is 12.7. The molecule has 2 aromatic heterocycles. The van der Waals surface area contributed by atoms with Crippen LogP contribution in [0.3, 0.4) is 0 Å². The number of imidazole rings is 1. The molecule has 2 heterocycles. The molecule has 26 heavy (non-hydrogen) atoms. The van der Waals surface area contributed by atoms with Gasteiger partial charge in [-0.25, -0.2) is 4.98 Å². The lowest BCUT2D eigenvalue weighted by Gasteiger charge is -2.07. The zero-order chi connectivity index (χ0) is 17.8. The van der Waals surface area contributed by atoms with Crippen LogP contribution in [0.5, 0.6) is 5.75 Å². The fraction of sp³-hybridized carbons (Fsp3) is 0.136. The number of ether oxygens (including phenoxy) is 1. The van der Waals surface area contributed by atoms with Gasteiger partial charge in [-0.1, -0.05) is 37.9 Å². The number of nitrogens with one attached hydrogen (secondary N) is 1. The molecular weight excluding hydrogens is 339 g/mol. The third kappa shape index (κ3) is 2.04. The largest absolute Gasteiger partial charge is 0.496 e. The number of H-pyrrole nitrogens is 1. The van der Waals surface area contributed by atoms with Gasteiger partial charge in [-0.15, -0.1) is 0 Å². The average molecular weight is 358 g/mol. The zero-order valence-corrected chi connectivity index (χ0v) is 15.9. The summed E-state index contributed by atoms with van der Waals surface area (Å²) in [6, 6.07) is 17.7. The van der Waals surface area contributed by atoms with Gasteiger partial charge in [0.2, 0.25) is 0 Å². The Hall–Kier alpha value is -2.77. The van der Waals surface area contributed by atoms with Crippen molar-refractivity contribution in [2.24, 2.45) is 0 Å². The maximum atomic E-state index is 5.62. The summed E-state index contributed by atoms with van der Waals surface area (Å²) in [5.74, 6) is 0.938. The van der Waals surface area contributed by atoms with E-state index in [0.717, 1.165) is 16.8 Å². The summed E-state index contributed by atoms with van der Waals surface area (Å²) in [5, 5.41) is 6.74. The topological polar surface area (TPSA) is 37.9 Å². The second-order valence-electron chi connectivity index (χ2n) is 6.72. The molecule has 0 radical (unpaired) electrons. The maximum Gasteiger partial charge on any atom is 0.122 e. The van der Waals surface area contributed by atoms with E-state index in [2.05, 4.69) is 72.3 Å². The first kappa shape index (κ1) is 15.5. The number of hydrogen-bond donors (Lipinski definition) is 1. The standard InChI is InChI=1S/C22H19N2OP/c1-13-9-18-16(11-17(13)25-3)20-19(26(18)15-7-5-4-6-8-15)10-14(2)21-22(20)24-12-23-21/h4-12H,1-3H3,(H,23,24). The van der Waals surface area contributed by atoms with Gasteiger partial charge in [0.25, 0.3) is 0 Å². The van der Waals surface area contributed by atoms with Crippen molar-refractivity contribution in [3.8, 4) is 11.1 Å². The van der Waals surface area contributed by atoms with Crippen molar-refractivity contribution in [3.05, 3.63) is 66.0 Å². The van der Waals surface area contributed by atoms with Crippen molar-refractivity contribution < 1.29 is 4.74 Å². The van der Waals surface area contributed by atoms with Crippen molar-refractivity contribution in [2.45, 2.75) is 13.8 Å². The number of aromatic amines is 1. The molecule has 0 aliphatic heterocycles. The summed E-state index contributed by atoms with van der Waals surface area (Å²) >= 11 is 0. The Morgan fingerprint density at radius 3 is 2.50 bits per heavy atom. The summed E-state index contributed by atoms with van der Waals surface area (Å²) < 4.78 is 5.62. The van der Waals surface area contributed by atoms with E-state index in [1.807, 2.05) is 0 Å². The predicted octanol–water partition coefficient (Wildman–Crippen LogP) is 6.47. The van der Waals surface area contributed by atoms with Crippen molar-refractivity contribution in [1.82, 2.24) is 9.97 Å². The van der Waals surface area contributed by atoms with E-state index >= 15 is 0 Å². The summed E-state index contributed by atoms with van der Waals surface area (Å²) in [6.07, 6.45) is 1.80. The Morgan fingerprint density at radius 1 is 0.962 bits per heavy atom.